The van der Waals surface area contributed by atoms with E-state index in [9.17, 15) is 0 Å². The molecule has 0 spiro atoms. The maximum atomic E-state index is 6.07. The highest BCUT2D eigenvalue weighted by atomic mass is 79.9. The molecule has 1 aliphatic heterocycles. The average molecular weight is 348 g/mol. The molecule has 1 saturated heterocycles. The first-order chi connectivity index (χ1) is 10.1. The van der Waals surface area contributed by atoms with Gasteiger partial charge in [0.05, 0.1) is 10.2 Å². The van der Waals surface area contributed by atoms with Crippen LogP contribution in [0.1, 0.15) is 32.0 Å². The summed E-state index contributed by atoms with van der Waals surface area (Å²) in [6, 6.07) is 9.98. The molecule has 5 heteroatoms. The van der Waals surface area contributed by atoms with Gasteiger partial charge in [-0.3, -0.25) is 0 Å². The number of halogens is 1. The van der Waals surface area contributed by atoms with Gasteiger partial charge in [0, 0.05) is 12.2 Å². The first kappa shape index (κ1) is 14.5. The Morgan fingerprint density at radius 2 is 1.95 bits per heavy atom. The van der Waals surface area contributed by atoms with Crippen molar-refractivity contribution in [3.8, 4) is 11.3 Å². The number of hydrogen-bond acceptors (Lipinski definition) is 4. The first-order valence-corrected chi connectivity index (χ1v) is 7.92. The maximum Gasteiger partial charge on any atom is 0.163 e. The summed E-state index contributed by atoms with van der Waals surface area (Å²) in [5, 5.41) is 0. The van der Waals surface area contributed by atoms with Gasteiger partial charge < -0.3 is 10.5 Å². The predicted molar refractivity (Wildman–Crippen MR) is 86.7 cm³/mol. The lowest BCUT2D eigenvalue weighted by atomic mass is 9.95. The number of anilines is 1. The summed E-state index contributed by atoms with van der Waals surface area (Å²) in [5.74, 6) is 1.12. The van der Waals surface area contributed by atoms with Crippen molar-refractivity contribution in [3.63, 3.8) is 0 Å². The van der Waals surface area contributed by atoms with Gasteiger partial charge >= 0.3 is 0 Å². The molecule has 21 heavy (non-hydrogen) atoms. The number of ether oxygens (including phenoxy) is 1. The van der Waals surface area contributed by atoms with Crippen molar-refractivity contribution in [1.82, 2.24) is 9.97 Å². The van der Waals surface area contributed by atoms with Crippen molar-refractivity contribution in [2.45, 2.75) is 31.8 Å². The third kappa shape index (κ3) is 2.80. The van der Waals surface area contributed by atoms with E-state index in [2.05, 4.69) is 20.9 Å². The molecule has 110 valence electrons. The van der Waals surface area contributed by atoms with Crippen molar-refractivity contribution in [1.29, 1.82) is 0 Å². The van der Waals surface area contributed by atoms with Crippen LogP contribution in [0.4, 0.5) is 5.82 Å². The van der Waals surface area contributed by atoms with E-state index in [1.165, 1.54) is 0 Å². The molecule has 1 aromatic carbocycles. The summed E-state index contributed by atoms with van der Waals surface area (Å²) < 4.78 is 6.67. The molecular weight excluding hydrogens is 330 g/mol. The number of nitrogens with two attached hydrogens (primary N) is 1. The van der Waals surface area contributed by atoms with Crippen LogP contribution in [0, 0.1) is 0 Å². The molecule has 2 aromatic rings. The number of nitrogen functional groups attached to an aromatic ring is 1. The third-order valence-electron chi connectivity index (χ3n) is 3.87. The third-order valence-corrected chi connectivity index (χ3v) is 4.65. The molecular formula is C16H18BrN3O. The summed E-state index contributed by atoms with van der Waals surface area (Å²) in [4.78, 5) is 9.18. The second kappa shape index (κ2) is 5.73. The standard InChI is InChI=1S/C16H18BrN3O/c1-16(9-5-6-10-21-16)15-19-13(12(17)14(18)20-15)11-7-3-2-4-8-11/h2-4,7-8H,5-6,9-10H2,1H3,(H2,18,19,20). The van der Waals surface area contributed by atoms with E-state index in [0.717, 1.165) is 41.6 Å². The zero-order valence-electron chi connectivity index (χ0n) is 12.0. The van der Waals surface area contributed by atoms with E-state index >= 15 is 0 Å². The first-order valence-electron chi connectivity index (χ1n) is 7.13. The van der Waals surface area contributed by atoms with E-state index in [0.29, 0.717) is 11.6 Å². The van der Waals surface area contributed by atoms with Gasteiger partial charge in [0.15, 0.2) is 5.82 Å². The highest BCUT2D eigenvalue weighted by Gasteiger charge is 2.34. The van der Waals surface area contributed by atoms with Crippen molar-refractivity contribution < 1.29 is 4.74 Å². The number of aromatic nitrogens is 2. The molecule has 1 unspecified atom stereocenters. The lowest BCUT2D eigenvalue weighted by Crippen LogP contribution is -2.32. The fourth-order valence-corrected chi connectivity index (χ4v) is 3.00. The molecule has 0 amide bonds. The Labute approximate surface area is 132 Å². The Kier molecular flexibility index (Phi) is 3.95. The Hall–Kier alpha value is -1.46. The van der Waals surface area contributed by atoms with Crippen LogP contribution in [0.15, 0.2) is 34.8 Å². The van der Waals surface area contributed by atoms with Gasteiger partial charge in [-0.1, -0.05) is 30.3 Å². The van der Waals surface area contributed by atoms with E-state index < -0.39 is 5.60 Å². The summed E-state index contributed by atoms with van der Waals surface area (Å²) >= 11 is 3.50. The van der Waals surface area contributed by atoms with Crippen molar-refractivity contribution in [3.05, 3.63) is 40.6 Å². The van der Waals surface area contributed by atoms with E-state index in [1.807, 2.05) is 37.3 Å². The molecule has 1 fully saturated rings. The quantitative estimate of drug-likeness (QED) is 0.894. The van der Waals surface area contributed by atoms with E-state index in [4.69, 9.17) is 15.5 Å². The van der Waals surface area contributed by atoms with E-state index in [-0.39, 0.29) is 0 Å². The fourth-order valence-electron chi connectivity index (χ4n) is 2.60. The largest absolute Gasteiger partial charge is 0.383 e. The normalized spacial score (nSPS) is 22.2. The summed E-state index contributed by atoms with van der Waals surface area (Å²) in [7, 11) is 0. The monoisotopic (exact) mass is 347 g/mol. The van der Waals surface area contributed by atoms with Gasteiger partial charge in [-0.2, -0.15) is 0 Å². The van der Waals surface area contributed by atoms with E-state index in [1.54, 1.807) is 0 Å². The fraction of sp³-hybridized carbons (Fsp3) is 0.375. The van der Waals surface area contributed by atoms with Gasteiger partial charge in [0.25, 0.3) is 0 Å². The Morgan fingerprint density at radius 1 is 1.19 bits per heavy atom. The van der Waals surface area contributed by atoms with Gasteiger partial charge in [-0.15, -0.1) is 0 Å². The van der Waals surface area contributed by atoms with Crippen LogP contribution in [0.5, 0.6) is 0 Å². The Balaban J connectivity index is 2.10. The van der Waals surface area contributed by atoms with Crippen LogP contribution in [0.25, 0.3) is 11.3 Å². The SMILES string of the molecule is CC1(c2nc(N)c(Br)c(-c3ccccc3)n2)CCCCO1. The van der Waals surface area contributed by atoms with Gasteiger partial charge in [-0.05, 0) is 42.1 Å². The molecule has 1 aliphatic rings. The number of nitrogens with zero attached hydrogens (tertiary/aromatic N) is 2. The minimum Gasteiger partial charge on any atom is -0.383 e. The summed E-state index contributed by atoms with van der Waals surface area (Å²) in [5.41, 5.74) is 7.45. The van der Waals surface area contributed by atoms with Crippen LogP contribution in [0.2, 0.25) is 0 Å². The van der Waals surface area contributed by atoms with Crippen LogP contribution in [0.3, 0.4) is 0 Å². The molecule has 2 heterocycles. The van der Waals surface area contributed by atoms with Gasteiger partial charge in [0.2, 0.25) is 0 Å². The average Bonchev–Trinajstić information content (AvgIpc) is 2.51. The summed E-state index contributed by atoms with van der Waals surface area (Å²) in [6.45, 7) is 2.79. The van der Waals surface area contributed by atoms with Crippen LogP contribution < -0.4 is 5.73 Å². The van der Waals surface area contributed by atoms with Gasteiger partial charge in [0.1, 0.15) is 11.4 Å². The smallest absolute Gasteiger partial charge is 0.163 e. The minimum absolute atomic E-state index is 0.448. The Morgan fingerprint density at radius 3 is 2.62 bits per heavy atom. The molecule has 1 aromatic heterocycles. The maximum absolute atomic E-state index is 6.07. The van der Waals surface area contributed by atoms with Crippen LogP contribution >= 0.6 is 15.9 Å². The second-order valence-electron chi connectivity index (χ2n) is 5.50. The number of rotatable bonds is 2. The molecule has 0 saturated carbocycles. The Bertz CT molecular complexity index is 639. The molecule has 0 radical (unpaired) electrons. The lowest BCUT2D eigenvalue weighted by molar-refractivity contribution is -0.0759. The molecule has 4 nitrogen and oxygen atoms in total. The highest BCUT2D eigenvalue weighted by Crippen LogP contribution is 2.37. The topological polar surface area (TPSA) is 61.0 Å². The van der Waals surface area contributed by atoms with Crippen LogP contribution in [-0.4, -0.2) is 16.6 Å². The van der Waals surface area contributed by atoms with Crippen molar-refractivity contribution in [2.75, 3.05) is 12.3 Å². The molecule has 1 atom stereocenters. The predicted octanol–water partition coefficient (Wildman–Crippen LogP) is 3.90. The van der Waals surface area contributed by atoms with Crippen LogP contribution in [-0.2, 0) is 10.3 Å². The molecule has 0 aliphatic carbocycles. The van der Waals surface area contributed by atoms with Gasteiger partial charge in [-0.25, -0.2) is 9.97 Å². The van der Waals surface area contributed by atoms with Crippen molar-refractivity contribution >= 4 is 21.7 Å². The number of benzene rings is 1. The highest BCUT2D eigenvalue weighted by molar-refractivity contribution is 9.10. The minimum atomic E-state index is -0.448. The zero-order chi connectivity index (χ0) is 14.9. The second-order valence-corrected chi connectivity index (χ2v) is 6.29. The summed E-state index contributed by atoms with van der Waals surface area (Å²) in [6.07, 6.45) is 3.13. The molecule has 2 N–H and O–H groups in total. The molecule has 0 bridgehead atoms. The lowest BCUT2D eigenvalue weighted by Gasteiger charge is -2.32. The van der Waals surface area contributed by atoms with Crippen molar-refractivity contribution in [2.24, 2.45) is 0 Å². The zero-order valence-corrected chi connectivity index (χ0v) is 13.6. The number of hydrogen-bond donors (Lipinski definition) is 1. The molecule has 3 rings (SSSR count).